The van der Waals surface area contributed by atoms with Gasteiger partial charge < -0.3 is 10.1 Å². The maximum Gasteiger partial charge on any atom is 0.257 e. The molecule has 4 nitrogen and oxygen atoms in total. The zero-order chi connectivity index (χ0) is 20.0. The smallest absolute Gasteiger partial charge is 0.257 e. The Morgan fingerprint density at radius 3 is 2.63 bits per heavy atom. The third-order valence-corrected chi connectivity index (χ3v) is 5.05. The maximum atomic E-state index is 12.5. The lowest BCUT2D eigenvalue weighted by atomic mass is 10.1. The molecule has 2 aromatic carbocycles. The lowest BCUT2D eigenvalue weighted by molar-refractivity contribution is 0.0977. The van der Waals surface area contributed by atoms with E-state index in [9.17, 15) is 4.79 Å². The zero-order valence-electron chi connectivity index (χ0n) is 16.1. The number of amides is 1. The number of ether oxygens (including phenoxy) is 1. The standard InChI is InChI=1S/C21H25BrN2O2S/c1-13(2)10-11-26-19-9-8-16(12-17(19)22)20(25)24-21(27)23-18-7-5-6-14(3)15(18)4/h5-9,12-13H,10-11H2,1-4H3,(H2,23,24,25,27). The van der Waals surface area contributed by atoms with Crippen molar-refractivity contribution in [3.8, 4) is 5.75 Å². The molecular formula is C21H25BrN2O2S. The van der Waals surface area contributed by atoms with Crippen molar-refractivity contribution in [2.24, 2.45) is 5.92 Å². The molecule has 0 fully saturated rings. The van der Waals surface area contributed by atoms with Gasteiger partial charge in [0, 0.05) is 11.3 Å². The first kappa shape index (κ1) is 21.4. The first-order valence-electron chi connectivity index (χ1n) is 8.89. The molecule has 0 bridgehead atoms. The topological polar surface area (TPSA) is 50.4 Å². The van der Waals surface area contributed by atoms with Crippen molar-refractivity contribution in [3.63, 3.8) is 0 Å². The second kappa shape index (κ2) is 9.85. The summed E-state index contributed by atoms with van der Waals surface area (Å²) < 4.78 is 6.49. The average molecular weight is 449 g/mol. The normalized spacial score (nSPS) is 10.6. The Balaban J connectivity index is 1.97. The monoisotopic (exact) mass is 448 g/mol. The summed E-state index contributed by atoms with van der Waals surface area (Å²) in [6, 6.07) is 11.2. The molecule has 2 rings (SSSR count). The SMILES string of the molecule is Cc1cccc(NC(=S)NC(=O)c2ccc(OCCC(C)C)c(Br)c2)c1C. The molecule has 0 aromatic heterocycles. The molecule has 0 saturated heterocycles. The van der Waals surface area contributed by atoms with Gasteiger partial charge in [-0.25, -0.2) is 0 Å². The second-order valence-electron chi connectivity index (χ2n) is 6.83. The molecule has 0 aliphatic rings. The first-order chi connectivity index (χ1) is 12.8. The van der Waals surface area contributed by atoms with E-state index in [4.69, 9.17) is 17.0 Å². The number of anilines is 1. The van der Waals surface area contributed by atoms with Crippen LogP contribution in [-0.2, 0) is 0 Å². The van der Waals surface area contributed by atoms with E-state index < -0.39 is 0 Å². The summed E-state index contributed by atoms with van der Waals surface area (Å²) in [5, 5.41) is 6.06. The fourth-order valence-corrected chi connectivity index (χ4v) is 3.07. The van der Waals surface area contributed by atoms with Crippen LogP contribution in [0.5, 0.6) is 5.75 Å². The number of carbonyl (C=O) groups excluding carboxylic acids is 1. The largest absolute Gasteiger partial charge is 0.492 e. The van der Waals surface area contributed by atoms with Crippen LogP contribution in [0.15, 0.2) is 40.9 Å². The third kappa shape index (κ3) is 6.33. The molecule has 6 heteroatoms. The van der Waals surface area contributed by atoms with Crippen molar-refractivity contribution in [2.75, 3.05) is 11.9 Å². The Kier molecular flexibility index (Phi) is 7.80. The lowest BCUT2D eigenvalue weighted by Crippen LogP contribution is -2.34. The highest BCUT2D eigenvalue weighted by atomic mass is 79.9. The lowest BCUT2D eigenvalue weighted by Gasteiger charge is -2.14. The zero-order valence-corrected chi connectivity index (χ0v) is 18.5. The van der Waals surface area contributed by atoms with Crippen molar-refractivity contribution in [3.05, 3.63) is 57.6 Å². The van der Waals surface area contributed by atoms with Crippen LogP contribution in [0.3, 0.4) is 0 Å². The number of hydrogen-bond acceptors (Lipinski definition) is 3. The molecule has 0 atom stereocenters. The van der Waals surface area contributed by atoms with Gasteiger partial charge in [0.05, 0.1) is 11.1 Å². The predicted molar refractivity (Wildman–Crippen MR) is 119 cm³/mol. The van der Waals surface area contributed by atoms with E-state index in [0.29, 0.717) is 18.1 Å². The highest BCUT2D eigenvalue weighted by Crippen LogP contribution is 2.26. The number of aryl methyl sites for hydroxylation is 1. The number of rotatable bonds is 6. The van der Waals surface area contributed by atoms with Crippen LogP contribution in [0.2, 0.25) is 0 Å². The van der Waals surface area contributed by atoms with Gasteiger partial charge in [-0.1, -0.05) is 26.0 Å². The molecule has 0 unspecified atom stereocenters. The second-order valence-corrected chi connectivity index (χ2v) is 8.09. The fraction of sp³-hybridized carbons (Fsp3) is 0.333. The highest BCUT2D eigenvalue weighted by molar-refractivity contribution is 9.10. The molecule has 2 N–H and O–H groups in total. The van der Waals surface area contributed by atoms with Crippen molar-refractivity contribution in [2.45, 2.75) is 34.1 Å². The van der Waals surface area contributed by atoms with Gasteiger partial charge in [0.1, 0.15) is 5.75 Å². The van der Waals surface area contributed by atoms with Gasteiger partial charge in [0.2, 0.25) is 0 Å². The van der Waals surface area contributed by atoms with Crippen molar-refractivity contribution in [1.29, 1.82) is 0 Å². The molecule has 27 heavy (non-hydrogen) atoms. The molecule has 1 amide bonds. The first-order valence-corrected chi connectivity index (χ1v) is 10.1. The highest BCUT2D eigenvalue weighted by Gasteiger charge is 2.12. The van der Waals surface area contributed by atoms with Crippen LogP contribution in [0.25, 0.3) is 0 Å². The quantitative estimate of drug-likeness (QED) is 0.563. The van der Waals surface area contributed by atoms with Crippen LogP contribution >= 0.6 is 28.1 Å². The van der Waals surface area contributed by atoms with Gasteiger partial charge >= 0.3 is 0 Å². The van der Waals surface area contributed by atoms with E-state index in [1.54, 1.807) is 18.2 Å². The van der Waals surface area contributed by atoms with E-state index in [2.05, 4.69) is 40.4 Å². The summed E-state index contributed by atoms with van der Waals surface area (Å²) in [4.78, 5) is 12.5. The van der Waals surface area contributed by atoms with Crippen LogP contribution in [0.4, 0.5) is 5.69 Å². The van der Waals surface area contributed by atoms with E-state index in [1.807, 2.05) is 32.0 Å². The minimum absolute atomic E-state index is 0.266. The molecule has 0 radical (unpaired) electrons. The summed E-state index contributed by atoms with van der Waals surface area (Å²) in [5.41, 5.74) is 3.64. The Labute approximate surface area is 174 Å². The Morgan fingerprint density at radius 2 is 1.96 bits per heavy atom. The van der Waals surface area contributed by atoms with E-state index in [0.717, 1.165) is 33.5 Å². The number of halogens is 1. The number of benzene rings is 2. The van der Waals surface area contributed by atoms with Crippen LogP contribution in [-0.4, -0.2) is 17.6 Å². The van der Waals surface area contributed by atoms with Crippen molar-refractivity contribution >= 4 is 44.9 Å². The molecule has 144 valence electrons. The van der Waals surface area contributed by atoms with Gasteiger partial charge in [-0.05, 0) is 89.7 Å². The summed E-state index contributed by atoms with van der Waals surface area (Å²) in [6.07, 6.45) is 0.979. The van der Waals surface area contributed by atoms with Crippen LogP contribution < -0.4 is 15.4 Å². The number of thiocarbonyl (C=S) groups is 1. The van der Waals surface area contributed by atoms with Crippen LogP contribution in [0, 0.1) is 19.8 Å². The fourth-order valence-electron chi connectivity index (χ4n) is 2.38. The molecule has 2 aromatic rings. The summed E-state index contributed by atoms with van der Waals surface area (Å²) >= 11 is 8.74. The molecule has 0 aliphatic heterocycles. The van der Waals surface area contributed by atoms with Crippen molar-refractivity contribution < 1.29 is 9.53 Å². The van der Waals surface area contributed by atoms with Gasteiger partial charge in [-0.2, -0.15) is 0 Å². The summed E-state index contributed by atoms with van der Waals surface area (Å²) in [6.45, 7) is 9.00. The van der Waals surface area contributed by atoms with Gasteiger partial charge in [0.25, 0.3) is 5.91 Å². The van der Waals surface area contributed by atoms with Gasteiger partial charge in [-0.3, -0.25) is 10.1 Å². The predicted octanol–water partition coefficient (Wildman–Crippen LogP) is 5.62. The Hall–Kier alpha value is -1.92. The number of carbonyl (C=O) groups is 1. The van der Waals surface area contributed by atoms with Crippen LogP contribution in [0.1, 0.15) is 41.8 Å². The minimum atomic E-state index is -0.271. The Morgan fingerprint density at radius 1 is 1.22 bits per heavy atom. The Bertz CT molecular complexity index is 837. The summed E-state index contributed by atoms with van der Waals surface area (Å²) in [5.74, 6) is 1.04. The van der Waals surface area contributed by atoms with Gasteiger partial charge in [0.15, 0.2) is 5.11 Å². The maximum absolute atomic E-state index is 12.5. The van der Waals surface area contributed by atoms with E-state index in [-0.39, 0.29) is 11.0 Å². The molecule has 0 heterocycles. The molecule has 0 saturated carbocycles. The molecular weight excluding hydrogens is 424 g/mol. The number of nitrogens with one attached hydrogen (secondary N) is 2. The average Bonchev–Trinajstić information content (AvgIpc) is 2.60. The minimum Gasteiger partial charge on any atom is -0.492 e. The van der Waals surface area contributed by atoms with E-state index >= 15 is 0 Å². The number of hydrogen-bond donors (Lipinski definition) is 2. The summed E-state index contributed by atoms with van der Waals surface area (Å²) in [7, 11) is 0. The third-order valence-electron chi connectivity index (χ3n) is 4.23. The van der Waals surface area contributed by atoms with Gasteiger partial charge in [-0.15, -0.1) is 0 Å². The molecule has 0 spiro atoms. The molecule has 0 aliphatic carbocycles. The van der Waals surface area contributed by atoms with E-state index in [1.165, 1.54) is 0 Å². The van der Waals surface area contributed by atoms with Crippen molar-refractivity contribution in [1.82, 2.24) is 5.32 Å².